The Hall–Kier alpha value is -2.80. The Balaban J connectivity index is 1.38. The second kappa shape index (κ2) is 8.92. The first-order valence-corrected chi connectivity index (χ1v) is 10.8. The number of aryl methyl sites for hydroxylation is 1. The Morgan fingerprint density at radius 3 is 2.60 bits per heavy atom. The summed E-state index contributed by atoms with van der Waals surface area (Å²) in [5.41, 5.74) is 2.96. The molecule has 1 aliphatic rings. The number of hydrogen-bond donors (Lipinski definition) is 1. The highest BCUT2D eigenvalue weighted by molar-refractivity contribution is 7.73. The van der Waals surface area contributed by atoms with Crippen molar-refractivity contribution in [2.45, 2.75) is 13.6 Å². The van der Waals surface area contributed by atoms with Crippen LogP contribution in [-0.2, 0) is 6.67 Å². The van der Waals surface area contributed by atoms with E-state index in [1.54, 1.807) is 12.1 Å². The average molecular weight is 441 g/mol. The highest BCUT2D eigenvalue weighted by Crippen LogP contribution is 2.24. The van der Waals surface area contributed by atoms with Gasteiger partial charge >= 0.3 is 0 Å². The van der Waals surface area contributed by atoms with Crippen LogP contribution in [-0.4, -0.2) is 40.9 Å². The zero-order valence-corrected chi connectivity index (χ0v) is 18.1. The number of halogens is 1. The van der Waals surface area contributed by atoms with Gasteiger partial charge in [0.1, 0.15) is 17.4 Å². The summed E-state index contributed by atoms with van der Waals surface area (Å²) in [4.78, 5) is 4.32. The number of nitrogens with one attached hydrogen (secondary N) is 1. The molecule has 0 amide bonds. The largest absolute Gasteiger partial charge is 0.368 e. The molecule has 1 saturated heterocycles. The summed E-state index contributed by atoms with van der Waals surface area (Å²) < 4.78 is 16.4. The summed E-state index contributed by atoms with van der Waals surface area (Å²) in [5.74, 6) is -0.472. The van der Waals surface area contributed by atoms with Gasteiger partial charge in [0.15, 0.2) is 3.95 Å². The normalized spacial score (nSPS) is 14.5. The van der Waals surface area contributed by atoms with Crippen molar-refractivity contribution in [3.8, 4) is 6.07 Å². The number of nitriles is 1. The number of anilines is 3. The molecule has 0 saturated carbocycles. The molecular formula is C21H21FN6S2. The molecular weight excluding hydrogens is 419 g/mol. The van der Waals surface area contributed by atoms with Crippen LogP contribution in [0.2, 0.25) is 0 Å². The van der Waals surface area contributed by atoms with Crippen molar-refractivity contribution in [3.05, 3.63) is 63.4 Å². The lowest BCUT2D eigenvalue weighted by atomic mass is 10.1. The maximum atomic E-state index is 13.9. The third-order valence-corrected chi connectivity index (χ3v) is 6.28. The van der Waals surface area contributed by atoms with Gasteiger partial charge in [-0.1, -0.05) is 35.1 Å². The minimum absolute atomic E-state index is 0.111. The van der Waals surface area contributed by atoms with Gasteiger partial charge in [-0.3, -0.25) is 4.90 Å². The average Bonchev–Trinajstić information content (AvgIpc) is 3.08. The van der Waals surface area contributed by atoms with Crippen molar-refractivity contribution < 1.29 is 4.39 Å². The molecule has 0 atom stereocenters. The van der Waals surface area contributed by atoms with Crippen molar-refractivity contribution in [2.75, 3.05) is 36.4 Å². The van der Waals surface area contributed by atoms with Crippen molar-refractivity contribution in [1.29, 1.82) is 5.26 Å². The van der Waals surface area contributed by atoms with Crippen molar-refractivity contribution in [2.24, 2.45) is 0 Å². The fourth-order valence-corrected chi connectivity index (χ4v) is 4.43. The molecule has 0 radical (unpaired) electrons. The summed E-state index contributed by atoms with van der Waals surface area (Å²) >= 11 is 6.94. The molecule has 30 heavy (non-hydrogen) atoms. The fourth-order valence-electron chi connectivity index (χ4n) is 3.41. The lowest BCUT2D eigenvalue weighted by Gasteiger charge is -2.36. The number of nitrogens with zero attached hydrogens (tertiary/aromatic N) is 5. The standard InChI is InChI=1S/C21H21FN6S2/c1-15-5-7-16(8-6-15)24-20-25-28(21(29)30-20)14-26-9-11-27(12-10-26)19-4-2-3-18(22)17(19)13-23/h2-8H,9-12,14H2,1H3,(H,24,25). The van der Waals surface area contributed by atoms with Crippen LogP contribution in [0, 0.1) is 28.0 Å². The minimum atomic E-state index is -0.472. The van der Waals surface area contributed by atoms with Crippen LogP contribution in [0.5, 0.6) is 0 Å². The third-order valence-electron chi connectivity index (χ3n) is 5.06. The zero-order valence-electron chi connectivity index (χ0n) is 16.5. The van der Waals surface area contributed by atoms with Gasteiger partial charge in [-0.25, -0.2) is 9.07 Å². The highest BCUT2D eigenvalue weighted by atomic mass is 32.1. The minimum Gasteiger partial charge on any atom is -0.368 e. The topological polar surface area (TPSA) is 60.1 Å². The lowest BCUT2D eigenvalue weighted by Crippen LogP contribution is -2.47. The molecule has 0 spiro atoms. The molecule has 1 aromatic heterocycles. The molecule has 2 aromatic carbocycles. The first-order valence-electron chi connectivity index (χ1n) is 9.61. The molecule has 3 aromatic rings. The summed E-state index contributed by atoms with van der Waals surface area (Å²) in [6.07, 6.45) is 0. The number of hydrogen-bond acceptors (Lipinski definition) is 7. The van der Waals surface area contributed by atoms with E-state index in [1.807, 2.05) is 22.9 Å². The molecule has 2 heterocycles. The van der Waals surface area contributed by atoms with Crippen molar-refractivity contribution in [1.82, 2.24) is 14.7 Å². The van der Waals surface area contributed by atoms with Crippen LogP contribution >= 0.6 is 23.6 Å². The van der Waals surface area contributed by atoms with E-state index < -0.39 is 5.82 Å². The maximum absolute atomic E-state index is 13.9. The number of aromatic nitrogens is 2. The summed E-state index contributed by atoms with van der Waals surface area (Å²) in [5, 5.41) is 18.0. The highest BCUT2D eigenvalue weighted by Gasteiger charge is 2.21. The van der Waals surface area contributed by atoms with Crippen molar-refractivity contribution >= 4 is 40.1 Å². The van der Waals surface area contributed by atoms with Crippen LogP contribution in [0.3, 0.4) is 0 Å². The third kappa shape index (κ3) is 4.51. The Kier molecular flexibility index (Phi) is 6.08. The van der Waals surface area contributed by atoms with Gasteiger partial charge < -0.3 is 10.2 Å². The molecule has 4 rings (SSSR count). The van der Waals surface area contributed by atoms with E-state index in [0.717, 1.165) is 23.9 Å². The molecule has 0 bridgehead atoms. The van der Waals surface area contributed by atoms with Crippen LogP contribution in [0.25, 0.3) is 0 Å². The molecule has 1 N–H and O–H groups in total. The van der Waals surface area contributed by atoms with E-state index in [1.165, 1.54) is 23.0 Å². The molecule has 1 fully saturated rings. The Labute approximate surface area is 183 Å². The maximum Gasteiger partial charge on any atom is 0.209 e. The van der Waals surface area contributed by atoms with Crippen LogP contribution in [0.1, 0.15) is 11.1 Å². The van der Waals surface area contributed by atoms with E-state index in [4.69, 9.17) is 12.2 Å². The molecule has 1 aliphatic heterocycles. The van der Waals surface area contributed by atoms with E-state index in [0.29, 0.717) is 29.4 Å². The SMILES string of the molecule is Cc1ccc(Nc2nn(CN3CCN(c4cccc(F)c4C#N)CC3)c(=S)s2)cc1. The first-order chi connectivity index (χ1) is 14.5. The predicted octanol–water partition coefficient (Wildman–Crippen LogP) is 4.52. The molecule has 9 heteroatoms. The summed E-state index contributed by atoms with van der Waals surface area (Å²) in [6, 6.07) is 14.9. The smallest absolute Gasteiger partial charge is 0.209 e. The second-order valence-corrected chi connectivity index (χ2v) is 8.78. The summed E-state index contributed by atoms with van der Waals surface area (Å²) in [6.45, 7) is 5.64. The Bertz CT molecular complexity index is 1120. The summed E-state index contributed by atoms with van der Waals surface area (Å²) in [7, 11) is 0. The van der Waals surface area contributed by atoms with E-state index in [9.17, 15) is 9.65 Å². The Morgan fingerprint density at radius 2 is 1.90 bits per heavy atom. The van der Waals surface area contributed by atoms with Gasteiger partial charge in [0.05, 0.1) is 12.4 Å². The Morgan fingerprint density at radius 1 is 1.17 bits per heavy atom. The van der Waals surface area contributed by atoms with E-state index in [-0.39, 0.29) is 5.56 Å². The van der Waals surface area contributed by atoms with Gasteiger partial charge in [-0.2, -0.15) is 5.26 Å². The number of piperazine rings is 1. The zero-order chi connectivity index (χ0) is 21.1. The molecule has 6 nitrogen and oxygen atoms in total. The fraction of sp³-hybridized carbons (Fsp3) is 0.286. The second-order valence-electron chi connectivity index (χ2n) is 7.16. The van der Waals surface area contributed by atoms with E-state index in [2.05, 4.69) is 39.3 Å². The molecule has 0 unspecified atom stereocenters. The van der Waals surface area contributed by atoms with Gasteiger partial charge in [0.25, 0.3) is 0 Å². The monoisotopic (exact) mass is 440 g/mol. The van der Waals surface area contributed by atoms with Gasteiger partial charge in [-0.15, -0.1) is 5.10 Å². The molecule has 154 valence electrons. The number of rotatable bonds is 5. The van der Waals surface area contributed by atoms with Gasteiger partial charge in [-0.05, 0) is 43.4 Å². The number of benzene rings is 2. The van der Waals surface area contributed by atoms with E-state index >= 15 is 0 Å². The molecule has 0 aliphatic carbocycles. The van der Waals surface area contributed by atoms with Gasteiger partial charge in [0.2, 0.25) is 5.13 Å². The van der Waals surface area contributed by atoms with Crippen LogP contribution in [0.4, 0.5) is 20.9 Å². The van der Waals surface area contributed by atoms with Crippen LogP contribution < -0.4 is 10.2 Å². The van der Waals surface area contributed by atoms with Crippen LogP contribution in [0.15, 0.2) is 42.5 Å². The quantitative estimate of drug-likeness (QED) is 0.589. The lowest BCUT2D eigenvalue weighted by molar-refractivity contribution is 0.195. The van der Waals surface area contributed by atoms with Gasteiger partial charge in [0, 0.05) is 31.9 Å². The van der Waals surface area contributed by atoms with Crippen molar-refractivity contribution in [3.63, 3.8) is 0 Å². The predicted molar refractivity (Wildman–Crippen MR) is 120 cm³/mol. The first kappa shape index (κ1) is 20.5.